The molecule has 0 unspecified atom stereocenters. The summed E-state index contributed by atoms with van der Waals surface area (Å²) in [6.07, 6.45) is -1.92. The molecular formula is C8H5ClF2INO2. The SMILES string of the molecule is COC(=O)c1c(C(F)F)cnc(Cl)c1I. The maximum absolute atomic E-state index is 12.5. The van der Waals surface area contributed by atoms with Crippen LogP contribution in [0.15, 0.2) is 6.20 Å². The van der Waals surface area contributed by atoms with Gasteiger partial charge in [0.15, 0.2) is 0 Å². The highest BCUT2D eigenvalue weighted by Crippen LogP contribution is 2.29. The largest absolute Gasteiger partial charge is 0.465 e. The minimum absolute atomic E-state index is 0.000370. The molecule has 0 aromatic carbocycles. The zero-order valence-electron chi connectivity index (χ0n) is 7.43. The molecule has 1 rings (SSSR count). The number of carbonyl (C=O) groups is 1. The minimum Gasteiger partial charge on any atom is -0.465 e. The molecule has 1 heterocycles. The van der Waals surface area contributed by atoms with Crippen molar-refractivity contribution in [3.05, 3.63) is 26.0 Å². The third-order valence-corrected chi connectivity index (χ3v) is 3.29. The molecule has 0 aliphatic rings. The summed E-state index contributed by atoms with van der Waals surface area (Å²) in [4.78, 5) is 14.8. The number of hydrogen-bond acceptors (Lipinski definition) is 3. The second kappa shape index (κ2) is 5.02. The lowest BCUT2D eigenvalue weighted by Crippen LogP contribution is -2.10. The summed E-state index contributed by atoms with van der Waals surface area (Å²) in [5.74, 6) is -0.848. The van der Waals surface area contributed by atoms with E-state index in [9.17, 15) is 13.6 Å². The fourth-order valence-corrected chi connectivity index (χ4v) is 1.77. The van der Waals surface area contributed by atoms with E-state index in [1.165, 1.54) is 0 Å². The Bertz CT molecular complexity index is 400. The van der Waals surface area contributed by atoms with Gasteiger partial charge in [-0.3, -0.25) is 0 Å². The summed E-state index contributed by atoms with van der Waals surface area (Å²) >= 11 is 7.29. The number of ether oxygens (including phenoxy) is 1. The molecule has 3 nitrogen and oxygen atoms in total. The number of pyridine rings is 1. The number of aromatic nitrogens is 1. The molecule has 1 aromatic heterocycles. The molecule has 7 heteroatoms. The van der Waals surface area contributed by atoms with Gasteiger partial charge in [-0.2, -0.15) is 0 Å². The topological polar surface area (TPSA) is 39.2 Å². The van der Waals surface area contributed by atoms with Crippen LogP contribution in [-0.4, -0.2) is 18.1 Å². The number of rotatable bonds is 2. The molecule has 82 valence electrons. The summed E-state index contributed by atoms with van der Waals surface area (Å²) in [6.45, 7) is 0. The molecule has 0 radical (unpaired) electrons. The summed E-state index contributed by atoms with van der Waals surface area (Å²) < 4.78 is 29.6. The van der Waals surface area contributed by atoms with Crippen LogP contribution < -0.4 is 0 Å². The molecule has 0 atom stereocenters. The second-order valence-electron chi connectivity index (χ2n) is 2.49. The zero-order valence-corrected chi connectivity index (χ0v) is 10.3. The Morgan fingerprint density at radius 3 is 2.73 bits per heavy atom. The Hall–Kier alpha value is -0.500. The lowest BCUT2D eigenvalue weighted by molar-refractivity contribution is 0.0587. The molecule has 0 aliphatic carbocycles. The number of esters is 1. The molecule has 0 aliphatic heterocycles. The van der Waals surface area contributed by atoms with Gasteiger partial charge < -0.3 is 4.74 Å². The van der Waals surface area contributed by atoms with E-state index in [0.717, 1.165) is 13.3 Å². The Morgan fingerprint density at radius 1 is 1.67 bits per heavy atom. The first-order valence-electron chi connectivity index (χ1n) is 3.69. The second-order valence-corrected chi connectivity index (χ2v) is 3.92. The quantitative estimate of drug-likeness (QED) is 0.469. The average Bonchev–Trinajstić information content (AvgIpc) is 2.20. The number of halogens is 4. The predicted molar refractivity (Wildman–Crippen MR) is 58.3 cm³/mol. The van der Waals surface area contributed by atoms with Gasteiger partial charge in [-0.15, -0.1) is 0 Å². The monoisotopic (exact) mass is 347 g/mol. The zero-order chi connectivity index (χ0) is 11.6. The van der Waals surface area contributed by atoms with E-state index in [4.69, 9.17) is 11.6 Å². The average molecular weight is 347 g/mol. The van der Waals surface area contributed by atoms with Crippen molar-refractivity contribution in [2.75, 3.05) is 7.11 Å². The normalized spacial score (nSPS) is 10.5. The van der Waals surface area contributed by atoms with Crippen molar-refractivity contribution in [1.29, 1.82) is 0 Å². The molecule has 0 bridgehead atoms. The van der Waals surface area contributed by atoms with Crippen LogP contribution in [0, 0.1) is 3.57 Å². The third kappa shape index (κ3) is 2.54. The van der Waals surface area contributed by atoms with Gasteiger partial charge in [0.1, 0.15) is 5.15 Å². The predicted octanol–water partition coefficient (Wildman–Crippen LogP) is 3.06. The molecule has 0 saturated heterocycles. The van der Waals surface area contributed by atoms with Gasteiger partial charge in [-0.25, -0.2) is 18.6 Å². The van der Waals surface area contributed by atoms with Crippen molar-refractivity contribution in [2.45, 2.75) is 6.43 Å². The smallest absolute Gasteiger partial charge is 0.339 e. The minimum atomic E-state index is -2.79. The van der Waals surface area contributed by atoms with E-state index in [1.807, 2.05) is 0 Å². The molecule has 0 spiro atoms. The number of nitrogens with zero attached hydrogens (tertiary/aromatic N) is 1. The van der Waals surface area contributed by atoms with E-state index >= 15 is 0 Å². The summed E-state index contributed by atoms with van der Waals surface area (Å²) in [7, 11) is 1.11. The molecule has 0 N–H and O–H groups in total. The van der Waals surface area contributed by atoms with Gasteiger partial charge in [0.05, 0.1) is 21.8 Å². The van der Waals surface area contributed by atoms with Crippen molar-refractivity contribution in [1.82, 2.24) is 4.98 Å². The number of carbonyl (C=O) groups excluding carboxylic acids is 1. The molecule has 0 saturated carbocycles. The summed E-state index contributed by atoms with van der Waals surface area (Å²) in [5.41, 5.74) is -0.705. The Labute approximate surface area is 103 Å². The van der Waals surface area contributed by atoms with E-state index in [0.29, 0.717) is 0 Å². The van der Waals surface area contributed by atoms with Gasteiger partial charge in [-0.05, 0) is 22.6 Å². The first-order valence-corrected chi connectivity index (χ1v) is 5.15. The van der Waals surface area contributed by atoms with Crippen molar-refractivity contribution in [2.24, 2.45) is 0 Å². The van der Waals surface area contributed by atoms with Gasteiger partial charge in [0.25, 0.3) is 6.43 Å². The third-order valence-electron chi connectivity index (χ3n) is 1.63. The van der Waals surface area contributed by atoms with Crippen LogP contribution in [0.3, 0.4) is 0 Å². The van der Waals surface area contributed by atoms with Crippen LogP contribution in [0.1, 0.15) is 22.3 Å². The number of methoxy groups -OCH3 is 1. The molecular weight excluding hydrogens is 342 g/mol. The fraction of sp³-hybridized carbons (Fsp3) is 0.250. The standard InChI is InChI=1S/C8H5ClF2INO2/c1-15-8(14)4-3(7(10)11)2-13-6(9)5(4)12/h2,7H,1H3. The highest BCUT2D eigenvalue weighted by Gasteiger charge is 2.24. The lowest BCUT2D eigenvalue weighted by atomic mass is 10.1. The van der Waals surface area contributed by atoms with Crippen LogP contribution >= 0.6 is 34.2 Å². The van der Waals surface area contributed by atoms with E-state index in [1.54, 1.807) is 22.6 Å². The highest BCUT2D eigenvalue weighted by atomic mass is 127. The Balaban J connectivity index is 3.41. The molecule has 15 heavy (non-hydrogen) atoms. The van der Waals surface area contributed by atoms with Crippen molar-refractivity contribution in [3.63, 3.8) is 0 Å². The maximum atomic E-state index is 12.5. The van der Waals surface area contributed by atoms with Crippen molar-refractivity contribution in [3.8, 4) is 0 Å². The number of alkyl halides is 2. The first-order chi connectivity index (χ1) is 6.99. The summed E-state index contributed by atoms with van der Waals surface area (Å²) in [5, 5.41) is 0.000370. The van der Waals surface area contributed by atoms with Crippen LogP contribution in [-0.2, 0) is 4.74 Å². The van der Waals surface area contributed by atoms with Gasteiger partial charge in [-0.1, -0.05) is 11.6 Å². The molecule has 1 aromatic rings. The van der Waals surface area contributed by atoms with Gasteiger partial charge >= 0.3 is 5.97 Å². The van der Waals surface area contributed by atoms with Gasteiger partial charge in [0, 0.05) is 6.20 Å². The number of hydrogen-bond donors (Lipinski definition) is 0. The van der Waals surface area contributed by atoms with Crippen LogP contribution in [0.4, 0.5) is 8.78 Å². The highest BCUT2D eigenvalue weighted by molar-refractivity contribution is 14.1. The Kier molecular flexibility index (Phi) is 4.21. The van der Waals surface area contributed by atoms with Crippen LogP contribution in [0.2, 0.25) is 5.15 Å². The van der Waals surface area contributed by atoms with E-state index < -0.39 is 18.0 Å². The lowest BCUT2D eigenvalue weighted by Gasteiger charge is -2.09. The first kappa shape index (κ1) is 12.6. The van der Waals surface area contributed by atoms with Crippen LogP contribution in [0.5, 0.6) is 0 Å². The Morgan fingerprint density at radius 2 is 2.27 bits per heavy atom. The molecule has 0 amide bonds. The molecule has 0 fully saturated rings. The van der Waals surface area contributed by atoms with E-state index in [-0.39, 0.29) is 14.3 Å². The maximum Gasteiger partial charge on any atom is 0.339 e. The fourth-order valence-electron chi connectivity index (χ4n) is 0.952. The van der Waals surface area contributed by atoms with Gasteiger partial charge in [0.2, 0.25) is 0 Å². The summed E-state index contributed by atoms with van der Waals surface area (Å²) in [6, 6.07) is 0. The van der Waals surface area contributed by atoms with Crippen molar-refractivity contribution < 1.29 is 18.3 Å². The van der Waals surface area contributed by atoms with E-state index in [2.05, 4.69) is 9.72 Å². The van der Waals surface area contributed by atoms with Crippen molar-refractivity contribution >= 4 is 40.2 Å². The van der Waals surface area contributed by atoms with Crippen LogP contribution in [0.25, 0.3) is 0 Å².